The summed E-state index contributed by atoms with van der Waals surface area (Å²) in [7, 11) is 2.06. The second-order valence-electron chi connectivity index (χ2n) is 4.64. The second-order valence-corrected chi connectivity index (χ2v) is 5.62. The van der Waals surface area contributed by atoms with Crippen LogP contribution in [0.1, 0.15) is 36.0 Å². The number of nitrogens with zero attached hydrogens (tertiary/aromatic N) is 2. The molecule has 1 saturated carbocycles. The van der Waals surface area contributed by atoms with Crippen LogP contribution in [0.15, 0.2) is 29.9 Å². The van der Waals surface area contributed by atoms with Crippen LogP contribution in [0.25, 0.3) is 0 Å². The minimum atomic E-state index is 0.250. The SMILES string of the molecule is Cn1ccnc1C(NC1CCC1)c1cccs1. The van der Waals surface area contributed by atoms with Crippen LogP contribution in [0.4, 0.5) is 0 Å². The minimum absolute atomic E-state index is 0.250. The maximum Gasteiger partial charge on any atom is 0.131 e. The highest BCUT2D eigenvalue weighted by Crippen LogP contribution is 2.29. The molecule has 0 bridgehead atoms. The predicted octanol–water partition coefficient (Wildman–Crippen LogP) is 2.71. The molecule has 2 heterocycles. The van der Waals surface area contributed by atoms with Gasteiger partial charge in [0, 0.05) is 30.4 Å². The van der Waals surface area contributed by atoms with Crippen LogP contribution >= 0.6 is 11.3 Å². The average molecular weight is 247 g/mol. The molecule has 0 aliphatic heterocycles. The molecular formula is C13H17N3S. The van der Waals surface area contributed by atoms with Crippen LogP contribution in [0.2, 0.25) is 0 Å². The van der Waals surface area contributed by atoms with E-state index in [4.69, 9.17) is 0 Å². The van der Waals surface area contributed by atoms with Crippen molar-refractivity contribution in [1.82, 2.24) is 14.9 Å². The van der Waals surface area contributed by atoms with E-state index in [1.54, 1.807) is 11.3 Å². The van der Waals surface area contributed by atoms with Gasteiger partial charge in [-0.15, -0.1) is 11.3 Å². The number of rotatable bonds is 4. The molecule has 0 saturated heterocycles. The Morgan fingerprint density at radius 1 is 1.53 bits per heavy atom. The summed E-state index contributed by atoms with van der Waals surface area (Å²) in [5.41, 5.74) is 0. The fourth-order valence-corrected chi connectivity index (χ4v) is 2.99. The second kappa shape index (κ2) is 4.63. The van der Waals surface area contributed by atoms with Crippen LogP contribution in [0.3, 0.4) is 0 Å². The molecule has 3 nitrogen and oxygen atoms in total. The van der Waals surface area contributed by atoms with E-state index in [0.29, 0.717) is 6.04 Å². The Bertz CT molecular complexity index is 471. The zero-order valence-corrected chi connectivity index (χ0v) is 10.8. The first-order valence-corrected chi connectivity index (χ1v) is 6.99. The van der Waals surface area contributed by atoms with Crippen molar-refractivity contribution in [2.45, 2.75) is 31.3 Å². The molecule has 2 aromatic heterocycles. The molecule has 4 heteroatoms. The van der Waals surface area contributed by atoms with Gasteiger partial charge < -0.3 is 9.88 Å². The minimum Gasteiger partial charge on any atom is -0.336 e. The zero-order valence-electron chi connectivity index (χ0n) is 9.97. The highest BCUT2D eigenvalue weighted by molar-refractivity contribution is 7.10. The molecule has 1 atom stereocenters. The van der Waals surface area contributed by atoms with Crippen molar-refractivity contribution in [2.75, 3.05) is 0 Å². The summed E-state index contributed by atoms with van der Waals surface area (Å²) < 4.78 is 2.11. The van der Waals surface area contributed by atoms with E-state index in [-0.39, 0.29) is 6.04 Å². The Morgan fingerprint density at radius 3 is 2.94 bits per heavy atom. The number of hydrogen-bond acceptors (Lipinski definition) is 3. The van der Waals surface area contributed by atoms with Crippen molar-refractivity contribution >= 4 is 11.3 Å². The van der Waals surface area contributed by atoms with Crippen LogP contribution in [0, 0.1) is 0 Å². The molecule has 0 aromatic carbocycles. The monoisotopic (exact) mass is 247 g/mol. The fourth-order valence-electron chi connectivity index (χ4n) is 2.21. The van der Waals surface area contributed by atoms with Crippen molar-refractivity contribution in [3.63, 3.8) is 0 Å². The molecule has 1 fully saturated rings. The molecule has 1 N–H and O–H groups in total. The average Bonchev–Trinajstić information content (AvgIpc) is 2.89. The van der Waals surface area contributed by atoms with Gasteiger partial charge in [-0.2, -0.15) is 0 Å². The lowest BCUT2D eigenvalue weighted by atomic mass is 9.92. The van der Waals surface area contributed by atoms with Gasteiger partial charge in [-0.25, -0.2) is 4.98 Å². The van der Waals surface area contributed by atoms with Crippen LogP contribution < -0.4 is 5.32 Å². The van der Waals surface area contributed by atoms with Crippen LogP contribution in [0.5, 0.6) is 0 Å². The third-order valence-corrected chi connectivity index (χ3v) is 4.39. The van der Waals surface area contributed by atoms with E-state index < -0.39 is 0 Å². The first kappa shape index (κ1) is 11.0. The third-order valence-electron chi connectivity index (χ3n) is 3.45. The summed E-state index contributed by atoms with van der Waals surface area (Å²) in [5, 5.41) is 5.86. The molecule has 1 aliphatic rings. The molecule has 1 unspecified atom stereocenters. The highest BCUT2D eigenvalue weighted by atomic mass is 32.1. The van der Waals surface area contributed by atoms with Crippen molar-refractivity contribution in [2.24, 2.45) is 7.05 Å². The van der Waals surface area contributed by atoms with Gasteiger partial charge in [0.05, 0.1) is 0 Å². The summed E-state index contributed by atoms with van der Waals surface area (Å²) in [6.45, 7) is 0. The number of nitrogens with one attached hydrogen (secondary N) is 1. The fraction of sp³-hybridized carbons (Fsp3) is 0.462. The first-order chi connectivity index (χ1) is 8.34. The molecule has 2 aromatic rings. The van der Waals surface area contributed by atoms with Crippen LogP contribution in [-0.2, 0) is 7.05 Å². The number of aromatic nitrogens is 2. The number of aryl methyl sites for hydroxylation is 1. The number of hydrogen-bond donors (Lipinski definition) is 1. The highest BCUT2D eigenvalue weighted by Gasteiger charge is 2.25. The molecule has 0 spiro atoms. The predicted molar refractivity (Wildman–Crippen MR) is 70.1 cm³/mol. The Balaban J connectivity index is 1.88. The lowest BCUT2D eigenvalue weighted by molar-refractivity contribution is 0.316. The van der Waals surface area contributed by atoms with Gasteiger partial charge in [-0.3, -0.25) is 0 Å². The van der Waals surface area contributed by atoms with Gasteiger partial charge in [-0.05, 0) is 24.3 Å². The van der Waals surface area contributed by atoms with E-state index >= 15 is 0 Å². The molecule has 17 heavy (non-hydrogen) atoms. The molecule has 0 radical (unpaired) electrons. The van der Waals surface area contributed by atoms with E-state index in [1.807, 2.05) is 12.4 Å². The number of imidazole rings is 1. The van der Waals surface area contributed by atoms with Crippen molar-refractivity contribution in [3.05, 3.63) is 40.6 Å². The topological polar surface area (TPSA) is 29.9 Å². The first-order valence-electron chi connectivity index (χ1n) is 6.11. The van der Waals surface area contributed by atoms with Crippen molar-refractivity contribution < 1.29 is 0 Å². The normalized spacial score (nSPS) is 17.9. The summed E-state index contributed by atoms with van der Waals surface area (Å²) >= 11 is 1.80. The van der Waals surface area contributed by atoms with E-state index in [2.05, 4.69) is 39.4 Å². The quantitative estimate of drug-likeness (QED) is 0.900. The summed E-state index contributed by atoms with van der Waals surface area (Å²) in [4.78, 5) is 5.84. The Labute approximate surface area is 106 Å². The lowest BCUT2D eigenvalue weighted by Gasteiger charge is -2.31. The Morgan fingerprint density at radius 2 is 2.41 bits per heavy atom. The van der Waals surface area contributed by atoms with Gasteiger partial charge >= 0.3 is 0 Å². The van der Waals surface area contributed by atoms with E-state index in [1.165, 1.54) is 24.1 Å². The van der Waals surface area contributed by atoms with Gasteiger partial charge in [0.25, 0.3) is 0 Å². The van der Waals surface area contributed by atoms with Gasteiger partial charge in [-0.1, -0.05) is 12.5 Å². The Kier molecular flexibility index (Phi) is 2.99. The summed E-state index contributed by atoms with van der Waals surface area (Å²) in [6.07, 6.45) is 7.84. The standard InChI is InChI=1S/C13H17N3S/c1-16-8-7-14-13(16)12(11-6-3-9-17-11)15-10-4-2-5-10/h3,6-10,12,15H,2,4-5H2,1H3. The third kappa shape index (κ3) is 2.15. The molecule has 90 valence electrons. The van der Waals surface area contributed by atoms with Crippen molar-refractivity contribution in [3.8, 4) is 0 Å². The summed E-state index contributed by atoms with van der Waals surface area (Å²) in [5.74, 6) is 1.11. The smallest absolute Gasteiger partial charge is 0.131 e. The molecule has 0 amide bonds. The molecular weight excluding hydrogens is 230 g/mol. The summed E-state index contributed by atoms with van der Waals surface area (Å²) in [6, 6.07) is 5.22. The maximum absolute atomic E-state index is 4.49. The molecule has 1 aliphatic carbocycles. The van der Waals surface area contributed by atoms with Crippen LogP contribution in [-0.4, -0.2) is 15.6 Å². The van der Waals surface area contributed by atoms with E-state index in [9.17, 15) is 0 Å². The maximum atomic E-state index is 4.49. The van der Waals surface area contributed by atoms with Gasteiger partial charge in [0.1, 0.15) is 11.9 Å². The zero-order chi connectivity index (χ0) is 11.7. The Hall–Kier alpha value is -1.13. The van der Waals surface area contributed by atoms with E-state index in [0.717, 1.165) is 5.82 Å². The lowest BCUT2D eigenvalue weighted by Crippen LogP contribution is -2.38. The number of thiophene rings is 1. The largest absolute Gasteiger partial charge is 0.336 e. The van der Waals surface area contributed by atoms with Gasteiger partial charge in [0.2, 0.25) is 0 Å². The van der Waals surface area contributed by atoms with Crippen molar-refractivity contribution in [1.29, 1.82) is 0 Å². The van der Waals surface area contributed by atoms with Gasteiger partial charge in [0.15, 0.2) is 0 Å². The molecule has 3 rings (SSSR count).